The van der Waals surface area contributed by atoms with E-state index >= 15 is 0 Å². The molecule has 4 aliphatic carbocycles. The van der Waals surface area contributed by atoms with Crippen LogP contribution in [0.15, 0.2) is 0 Å². The van der Waals surface area contributed by atoms with E-state index < -0.39 is 0 Å². The van der Waals surface area contributed by atoms with Gasteiger partial charge in [0.2, 0.25) is 5.88 Å². The summed E-state index contributed by atoms with van der Waals surface area (Å²) < 4.78 is 8.28. The molecule has 19 heavy (non-hydrogen) atoms. The summed E-state index contributed by atoms with van der Waals surface area (Å²) >= 11 is 0. The van der Waals surface area contributed by atoms with Gasteiger partial charge >= 0.3 is 0 Å². The smallest absolute Gasteiger partial charge is 0.236 e. The van der Waals surface area contributed by atoms with Gasteiger partial charge in [0.05, 0.1) is 5.69 Å². The molecule has 2 N–H and O–H groups in total. The quantitative estimate of drug-likeness (QED) is 0.890. The summed E-state index contributed by atoms with van der Waals surface area (Å²) in [5.74, 6) is 3.46. The van der Waals surface area contributed by atoms with Crippen LogP contribution in [0.25, 0.3) is 0 Å². The fourth-order valence-corrected chi connectivity index (χ4v) is 5.14. The largest absolute Gasteiger partial charge is 0.470 e. The van der Waals surface area contributed by atoms with Crippen LogP contribution in [-0.2, 0) is 7.05 Å². The van der Waals surface area contributed by atoms with Gasteiger partial charge in [-0.25, -0.2) is 4.68 Å². The van der Waals surface area contributed by atoms with Crippen LogP contribution >= 0.6 is 0 Å². The summed E-state index contributed by atoms with van der Waals surface area (Å²) in [5, 5.41) is 4.38. The molecule has 1 heterocycles. The van der Waals surface area contributed by atoms with Crippen molar-refractivity contribution in [2.45, 2.75) is 51.0 Å². The van der Waals surface area contributed by atoms with Crippen molar-refractivity contribution in [1.82, 2.24) is 9.78 Å². The lowest BCUT2D eigenvalue weighted by Crippen LogP contribution is -2.54. The van der Waals surface area contributed by atoms with Crippen molar-refractivity contribution in [3.8, 4) is 5.88 Å². The maximum atomic E-state index is 6.47. The van der Waals surface area contributed by atoms with E-state index in [-0.39, 0.29) is 5.60 Å². The van der Waals surface area contributed by atoms with Crippen LogP contribution in [-0.4, -0.2) is 15.4 Å². The predicted molar refractivity (Wildman–Crippen MR) is 73.9 cm³/mol. The third kappa shape index (κ3) is 1.68. The van der Waals surface area contributed by atoms with Crippen LogP contribution in [0.4, 0.5) is 5.69 Å². The zero-order valence-corrected chi connectivity index (χ0v) is 11.9. The maximum Gasteiger partial charge on any atom is 0.236 e. The first-order valence-corrected chi connectivity index (χ1v) is 7.53. The molecule has 4 nitrogen and oxygen atoms in total. The molecule has 1 aromatic rings. The lowest BCUT2D eigenvalue weighted by Gasteiger charge is -2.56. The van der Waals surface area contributed by atoms with Crippen molar-refractivity contribution < 1.29 is 4.74 Å². The summed E-state index contributed by atoms with van der Waals surface area (Å²) in [6, 6.07) is 0. The van der Waals surface area contributed by atoms with E-state index in [1.165, 1.54) is 38.5 Å². The molecule has 0 saturated heterocycles. The second-order valence-electron chi connectivity index (χ2n) is 7.13. The number of aromatic nitrogens is 2. The number of hydrogen-bond acceptors (Lipinski definition) is 3. The predicted octanol–water partition coefficient (Wildman–Crippen LogP) is 2.66. The molecule has 4 bridgehead atoms. The van der Waals surface area contributed by atoms with Crippen molar-refractivity contribution in [1.29, 1.82) is 0 Å². The highest BCUT2D eigenvalue weighted by Gasteiger charge is 2.53. The Balaban J connectivity index is 1.66. The minimum atomic E-state index is 0.0586. The highest BCUT2D eigenvalue weighted by molar-refractivity contribution is 5.52. The molecule has 4 saturated carbocycles. The Kier molecular flexibility index (Phi) is 2.25. The second-order valence-corrected chi connectivity index (χ2v) is 7.13. The molecule has 1 aromatic heterocycles. The first-order chi connectivity index (χ1) is 9.05. The standard InChI is InChI=1S/C15H23N3O/c1-9-13(16)14(18(2)17-9)19-15-6-10-3-11(7-15)5-12(4-10)8-15/h10-12H,3-8,16H2,1-2H3. The third-order valence-corrected chi connectivity index (χ3v) is 5.51. The van der Waals surface area contributed by atoms with Gasteiger partial charge in [-0.3, -0.25) is 0 Å². The van der Waals surface area contributed by atoms with Crippen molar-refractivity contribution in [3.63, 3.8) is 0 Å². The molecule has 104 valence electrons. The van der Waals surface area contributed by atoms with Gasteiger partial charge < -0.3 is 10.5 Å². The Bertz CT molecular complexity index is 484. The fourth-order valence-electron chi connectivity index (χ4n) is 5.14. The van der Waals surface area contributed by atoms with E-state index in [4.69, 9.17) is 10.5 Å². The summed E-state index contributed by atoms with van der Waals surface area (Å²) in [6.07, 6.45) is 7.97. The molecular weight excluding hydrogens is 238 g/mol. The molecule has 0 radical (unpaired) electrons. The zero-order valence-electron chi connectivity index (χ0n) is 11.9. The maximum absolute atomic E-state index is 6.47. The van der Waals surface area contributed by atoms with E-state index in [0.717, 1.165) is 35.0 Å². The molecular formula is C15H23N3O. The number of rotatable bonds is 2. The first kappa shape index (κ1) is 11.6. The Morgan fingerprint density at radius 1 is 1.16 bits per heavy atom. The molecule has 5 rings (SSSR count). The third-order valence-electron chi connectivity index (χ3n) is 5.51. The number of nitrogen functional groups attached to an aromatic ring is 1. The van der Waals surface area contributed by atoms with Crippen LogP contribution in [0.3, 0.4) is 0 Å². The zero-order chi connectivity index (χ0) is 13.2. The summed E-state index contributed by atoms with van der Waals surface area (Å²) in [6.45, 7) is 1.95. The van der Waals surface area contributed by atoms with Crippen LogP contribution in [0.1, 0.15) is 44.2 Å². The molecule has 4 fully saturated rings. The normalized spacial score (nSPS) is 39.8. The van der Waals surface area contributed by atoms with E-state index in [9.17, 15) is 0 Å². The number of hydrogen-bond donors (Lipinski definition) is 1. The van der Waals surface area contributed by atoms with Gasteiger partial charge in [-0.1, -0.05) is 0 Å². The Morgan fingerprint density at radius 3 is 2.11 bits per heavy atom. The summed E-state index contributed by atoms with van der Waals surface area (Å²) in [4.78, 5) is 0. The van der Waals surface area contributed by atoms with Gasteiger partial charge in [0.1, 0.15) is 11.3 Å². The molecule has 4 heteroatoms. The molecule has 0 aromatic carbocycles. The Morgan fingerprint density at radius 2 is 1.68 bits per heavy atom. The molecule has 0 atom stereocenters. The van der Waals surface area contributed by atoms with Crippen LogP contribution < -0.4 is 10.5 Å². The molecule has 0 unspecified atom stereocenters. The van der Waals surface area contributed by atoms with Crippen molar-refractivity contribution >= 4 is 5.69 Å². The van der Waals surface area contributed by atoms with Crippen molar-refractivity contribution in [2.24, 2.45) is 24.8 Å². The van der Waals surface area contributed by atoms with Crippen LogP contribution in [0.2, 0.25) is 0 Å². The lowest BCUT2D eigenvalue weighted by molar-refractivity contribution is -0.110. The van der Waals surface area contributed by atoms with Gasteiger partial charge in [-0.05, 0) is 63.2 Å². The first-order valence-electron chi connectivity index (χ1n) is 7.53. The molecule has 4 aliphatic rings. The molecule has 0 aliphatic heterocycles. The Hall–Kier alpha value is -1.19. The minimum absolute atomic E-state index is 0.0586. The number of ether oxygens (including phenoxy) is 1. The Labute approximate surface area is 114 Å². The average Bonchev–Trinajstić information content (AvgIpc) is 2.54. The van der Waals surface area contributed by atoms with E-state index in [2.05, 4.69) is 5.10 Å². The molecule has 0 spiro atoms. The van der Waals surface area contributed by atoms with E-state index in [1.807, 2.05) is 18.7 Å². The summed E-state index contributed by atoms with van der Waals surface area (Å²) in [5.41, 5.74) is 7.78. The van der Waals surface area contributed by atoms with Crippen molar-refractivity contribution in [2.75, 3.05) is 5.73 Å². The minimum Gasteiger partial charge on any atom is -0.470 e. The van der Waals surface area contributed by atoms with Crippen molar-refractivity contribution in [3.05, 3.63) is 5.69 Å². The number of aryl methyl sites for hydroxylation is 2. The van der Waals surface area contributed by atoms with Gasteiger partial charge in [0, 0.05) is 7.05 Å². The van der Waals surface area contributed by atoms with Gasteiger partial charge in [0.15, 0.2) is 0 Å². The van der Waals surface area contributed by atoms with Gasteiger partial charge in [-0.15, -0.1) is 0 Å². The fraction of sp³-hybridized carbons (Fsp3) is 0.800. The molecule has 0 amide bonds. The monoisotopic (exact) mass is 261 g/mol. The second kappa shape index (κ2) is 3.68. The van der Waals surface area contributed by atoms with Gasteiger partial charge in [-0.2, -0.15) is 5.10 Å². The number of nitrogens with zero attached hydrogens (tertiary/aromatic N) is 2. The van der Waals surface area contributed by atoms with E-state index in [0.29, 0.717) is 0 Å². The number of anilines is 1. The average molecular weight is 261 g/mol. The summed E-state index contributed by atoms with van der Waals surface area (Å²) in [7, 11) is 1.93. The lowest BCUT2D eigenvalue weighted by atomic mass is 9.54. The van der Waals surface area contributed by atoms with E-state index in [1.54, 1.807) is 0 Å². The topological polar surface area (TPSA) is 53.1 Å². The number of nitrogens with two attached hydrogens (primary N) is 1. The SMILES string of the molecule is Cc1nn(C)c(OC23CC4CC(CC(C4)C2)C3)c1N. The van der Waals surface area contributed by atoms with Gasteiger partial charge in [0.25, 0.3) is 0 Å². The highest BCUT2D eigenvalue weighted by atomic mass is 16.5. The van der Waals surface area contributed by atoms with Crippen LogP contribution in [0.5, 0.6) is 5.88 Å². The van der Waals surface area contributed by atoms with Crippen LogP contribution in [0, 0.1) is 24.7 Å². The highest BCUT2D eigenvalue weighted by Crippen LogP contribution is 2.57.